The molecule has 0 aromatic heterocycles. The first-order chi connectivity index (χ1) is 13.2. The van der Waals surface area contributed by atoms with Gasteiger partial charge in [0, 0.05) is 10.9 Å². The van der Waals surface area contributed by atoms with Gasteiger partial charge in [0.05, 0.1) is 10.9 Å². The van der Waals surface area contributed by atoms with Gasteiger partial charge >= 0.3 is 11.9 Å². The molecule has 0 radical (unpaired) electrons. The molecular formula is C20H21NO6S. The number of rotatable bonds is 6. The van der Waals surface area contributed by atoms with Crippen molar-refractivity contribution in [1.82, 2.24) is 0 Å². The summed E-state index contributed by atoms with van der Waals surface area (Å²) in [5.74, 6) is -4.89. The van der Waals surface area contributed by atoms with Crippen LogP contribution in [0.15, 0.2) is 48.6 Å². The molecule has 7 nitrogen and oxygen atoms in total. The summed E-state index contributed by atoms with van der Waals surface area (Å²) >= 11 is 0. The third-order valence-corrected chi connectivity index (χ3v) is 6.70. The van der Waals surface area contributed by atoms with Gasteiger partial charge in [0.15, 0.2) is 5.92 Å². The average molecular weight is 403 g/mol. The number of nitrogens with one attached hydrogen (secondary N) is 1. The Labute approximate surface area is 162 Å². The number of allylic oxidation sites excluding steroid dienone is 2. The van der Waals surface area contributed by atoms with E-state index in [1.165, 1.54) is 6.07 Å². The van der Waals surface area contributed by atoms with Crippen molar-refractivity contribution in [3.63, 3.8) is 0 Å². The number of carboxylic acids is 2. The zero-order valence-electron chi connectivity index (χ0n) is 15.2. The van der Waals surface area contributed by atoms with Crippen LogP contribution in [-0.4, -0.2) is 35.8 Å². The van der Waals surface area contributed by atoms with E-state index >= 15 is 0 Å². The van der Waals surface area contributed by atoms with Crippen molar-refractivity contribution in [2.45, 2.75) is 30.9 Å². The molecule has 8 heteroatoms. The summed E-state index contributed by atoms with van der Waals surface area (Å²) in [5.41, 5.74) is -0.0863. The minimum absolute atomic E-state index is 0.00936. The highest BCUT2D eigenvalue weighted by atomic mass is 32.2. The number of aliphatic carboxylic acids is 2. The van der Waals surface area contributed by atoms with Crippen molar-refractivity contribution in [1.29, 1.82) is 0 Å². The number of hydrogen-bond acceptors (Lipinski definition) is 4. The summed E-state index contributed by atoms with van der Waals surface area (Å²) in [5, 5.41) is 19.3. The van der Waals surface area contributed by atoms with Crippen LogP contribution in [0.3, 0.4) is 0 Å². The van der Waals surface area contributed by atoms with E-state index in [9.17, 15) is 28.2 Å². The Balaban J connectivity index is 2.15. The molecule has 0 amide bonds. The van der Waals surface area contributed by atoms with Gasteiger partial charge in [-0.05, 0) is 24.1 Å². The van der Waals surface area contributed by atoms with Crippen LogP contribution in [-0.2, 0) is 19.6 Å². The molecule has 3 rings (SSSR count). The van der Waals surface area contributed by atoms with Crippen LogP contribution in [0.1, 0.15) is 31.2 Å². The highest BCUT2D eigenvalue weighted by molar-refractivity contribution is 7.93. The van der Waals surface area contributed by atoms with Gasteiger partial charge in [-0.1, -0.05) is 55.5 Å². The van der Waals surface area contributed by atoms with Crippen molar-refractivity contribution in [2.24, 2.45) is 5.92 Å². The molecule has 0 aliphatic heterocycles. The second kappa shape index (κ2) is 7.63. The van der Waals surface area contributed by atoms with E-state index in [4.69, 9.17) is 0 Å². The zero-order valence-corrected chi connectivity index (χ0v) is 16.0. The summed E-state index contributed by atoms with van der Waals surface area (Å²) in [7, 11) is -3.86. The first-order valence-electron chi connectivity index (χ1n) is 8.86. The summed E-state index contributed by atoms with van der Waals surface area (Å²) in [6.45, 7) is 1.92. The van der Waals surface area contributed by atoms with E-state index in [0.717, 1.165) is 0 Å². The van der Waals surface area contributed by atoms with Crippen molar-refractivity contribution in [3.05, 3.63) is 54.1 Å². The molecule has 2 atom stereocenters. The largest absolute Gasteiger partial charge is 0.480 e. The molecule has 2 unspecified atom stereocenters. The van der Waals surface area contributed by atoms with Crippen LogP contribution in [0.5, 0.6) is 0 Å². The molecule has 28 heavy (non-hydrogen) atoms. The van der Waals surface area contributed by atoms with E-state index in [-0.39, 0.29) is 17.2 Å². The van der Waals surface area contributed by atoms with Crippen LogP contribution < -0.4 is 4.72 Å². The van der Waals surface area contributed by atoms with Gasteiger partial charge in [-0.15, -0.1) is 0 Å². The van der Waals surface area contributed by atoms with Crippen molar-refractivity contribution in [3.8, 4) is 0 Å². The topological polar surface area (TPSA) is 121 Å². The molecule has 0 bridgehead atoms. The van der Waals surface area contributed by atoms with Crippen molar-refractivity contribution < 1.29 is 28.2 Å². The van der Waals surface area contributed by atoms with Crippen LogP contribution in [0.4, 0.5) is 5.69 Å². The number of hydrogen-bond donors (Lipinski definition) is 3. The first kappa shape index (κ1) is 19.9. The van der Waals surface area contributed by atoms with Crippen molar-refractivity contribution in [2.75, 3.05) is 4.72 Å². The smallest absolute Gasteiger partial charge is 0.322 e. The SMILES string of the molecule is CC1C=CCC(S(=O)(=O)Nc2c(C(C(=O)O)C(=O)O)ccc3ccccc23)C1. The summed E-state index contributed by atoms with van der Waals surface area (Å²) in [6.07, 6.45) is 4.56. The average Bonchev–Trinajstić information content (AvgIpc) is 2.63. The number of anilines is 1. The lowest BCUT2D eigenvalue weighted by atomic mass is 9.94. The minimum atomic E-state index is -3.86. The van der Waals surface area contributed by atoms with Crippen LogP contribution in [0.25, 0.3) is 10.8 Å². The second-order valence-corrected chi connectivity index (χ2v) is 8.97. The van der Waals surface area contributed by atoms with E-state index in [2.05, 4.69) is 4.72 Å². The molecule has 0 fully saturated rings. The predicted molar refractivity (Wildman–Crippen MR) is 106 cm³/mol. The summed E-state index contributed by atoms with van der Waals surface area (Å²) in [4.78, 5) is 23.1. The third-order valence-electron chi connectivity index (χ3n) is 4.95. The number of sulfonamides is 1. The quantitative estimate of drug-likeness (QED) is 0.503. The Bertz CT molecular complexity index is 1050. The van der Waals surface area contributed by atoms with Crippen molar-refractivity contribution >= 4 is 38.4 Å². The fraction of sp³-hybridized carbons (Fsp3) is 0.300. The minimum Gasteiger partial charge on any atom is -0.480 e. The molecule has 0 spiro atoms. The van der Waals surface area contributed by atoms with E-state index in [0.29, 0.717) is 23.6 Å². The Kier molecular flexibility index (Phi) is 5.42. The van der Waals surface area contributed by atoms with Gasteiger partial charge in [0.25, 0.3) is 0 Å². The number of fused-ring (bicyclic) bond motifs is 1. The molecule has 148 valence electrons. The predicted octanol–water partition coefficient (Wildman–Crippen LogP) is 3.19. The second-order valence-electron chi connectivity index (χ2n) is 7.01. The van der Waals surface area contributed by atoms with E-state index < -0.39 is 33.1 Å². The molecule has 2 aromatic carbocycles. The Hall–Kier alpha value is -2.87. The van der Waals surface area contributed by atoms with Gasteiger partial charge in [-0.2, -0.15) is 0 Å². The fourth-order valence-corrected chi connectivity index (χ4v) is 5.15. The lowest BCUT2D eigenvalue weighted by molar-refractivity contribution is -0.150. The maximum absolute atomic E-state index is 13.0. The van der Waals surface area contributed by atoms with Gasteiger partial charge in [-0.25, -0.2) is 8.42 Å². The van der Waals surface area contributed by atoms with Crippen LogP contribution in [0.2, 0.25) is 0 Å². The maximum atomic E-state index is 13.0. The fourth-order valence-electron chi connectivity index (χ4n) is 3.55. The molecular weight excluding hydrogens is 382 g/mol. The van der Waals surface area contributed by atoms with Gasteiger partial charge in [-0.3, -0.25) is 14.3 Å². The summed E-state index contributed by atoms with van der Waals surface area (Å²) < 4.78 is 28.6. The highest BCUT2D eigenvalue weighted by Crippen LogP contribution is 2.35. The molecule has 0 heterocycles. The Morgan fingerprint density at radius 1 is 1.11 bits per heavy atom. The molecule has 1 aliphatic carbocycles. The number of carboxylic acid groups (broad SMARTS) is 2. The van der Waals surface area contributed by atoms with E-state index in [1.807, 2.05) is 19.1 Å². The first-order valence-corrected chi connectivity index (χ1v) is 10.4. The lowest BCUT2D eigenvalue weighted by Crippen LogP contribution is -2.31. The van der Waals surface area contributed by atoms with Crippen LogP contribution >= 0.6 is 0 Å². The van der Waals surface area contributed by atoms with Gasteiger partial charge in [0.2, 0.25) is 10.0 Å². The lowest BCUT2D eigenvalue weighted by Gasteiger charge is -2.25. The third kappa shape index (κ3) is 3.87. The zero-order chi connectivity index (χ0) is 20.5. The maximum Gasteiger partial charge on any atom is 0.322 e. The number of carbonyl (C=O) groups is 2. The van der Waals surface area contributed by atoms with Crippen LogP contribution in [0, 0.1) is 5.92 Å². The highest BCUT2D eigenvalue weighted by Gasteiger charge is 2.34. The number of benzene rings is 2. The van der Waals surface area contributed by atoms with E-state index in [1.54, 1.807) is 30.3 Å². The normalized spacial score (nSPS) is 19.6. The molecule has 3 N–H and O–H groups in total. The molecule has 0 saturated heterocycles. The van der Waals surface area contributed by atoms with Gasteiger partial charge < -0.3 is 10.2 Å². The Morgan fingerprint density at radius 3 is 2.43 bits per heavy atom. The molecule has 0 saturated carbocycles. The standard InChI is InChI=1S/C20H21NO6S/c1-12-5-4-7-14(11-12)28(26,27)21-18-15-8-3-2-6-13(15)9-10-16(18)17(19(22)23)20(24)25/h2-6,8-10,12,14,17,21H,7,11H2,1H3,(H,22,23)(H,24,25). The molecule has 2 aromatic rings. The summed E-state index contributed by atoms with van der Waals surface area (Å²) in [6, 6.07) is 9.79. The monoisotopic (exact) mass is 403 g/mol. The molecule has 1 aliphatic rings. The van der Waals surface area contributed by atoms with Gasteiger partial charge in [0.1, 0.15) is 0 Å². The Morgan fingerprint density at radius 2 is 1.79 bits per heavy atom.